The second-order valence-corrected chi connectivity index (χ2v) is 6.35. The maximum atomic E-state index is 12.3. The number of halogens is 1. The number of aromatic nitrogens is 3. The Morgan fingerprint density at radius 3 is 2.52 bits per heavy atom. The Bertz CT molecular complexity index is 1110. The molecule has 0 saturated carbocycles. The van der Waals surface area contributed by atoms with Gasteiger partial charge in [-0.2, -0.15) is 5.10 Å². The highest BCUT2D eigenvalue weighted by molar-refractivity contribution is 6.30. The van der Waals surface area contributed by atoms with Crippen molar-refractivity contribution in [3.8, 4) is 22.5 Å². The van der Waals surface area contributed by atoms with Crippen LogP contribution in [0, 0.1) is 0 Å². The molecule has 0 radical (unpaired) electrons. The molecule has 134 valence electrons. The number of esters is 1. The largest absolute Gasteiger partial charge is 0.462 e. The third-order valence-corrected chi connectivity index (χ3v) is 4.43. The maximum absolute atomic E-state index is 12.3. The topological polar surface area (TPSA) is 56.5 Å². The first-order chi connectivity index (χ1) is 13.2. The number of fused-ring (bicyclic) bond motifs is 1. The fraction of sp³-hybridized carbons (Fsp3) is 0.0952. The van der Waals surface area contributed by atoms with Crippen LogP contribution in [0.1, 0.15) is 17.3 Å². The quantitative estimate of drug-likeness (QED) is 0.475. The zero-order valence-electron chi connectivity index (χ0n) is 14.6. The van der Waals surface area contributed by atoms with Crippen molar-refractivity contribution >= 4 is 23.2 Å². The Hall–Kier alpha value is -3.18. The third kappa shape index (κ3) is 3.29. The van der Waals surface area contributed by atoms with Gasteiger partial charge in [-0.05, 0) is 25.1 Å². The van der Waals surface area contributed by atoms with Crippen LogP contribution >= 0.6 is 11.6 Å². The molecule has 2 aromatic heterocycles. The first-order valence-electron chi connectivity index (χ1n) is 8.54. The third-order valence-electron chi connectivity index (χ3n) is 4.18. The summed E-state index contributed by atoms with van der Waals surface area (Å²) in [6.07, 6.45) is 1.49. The second kappa shape index (κ2) is 7.21. The summed E-state index contributed by atoms with van der Waals surface area (Å²) in [6.45, 7) is 2.06. The number of hydrogen-bond donors (Lipinski definition) is 0. The van der Waals surface area contributed by atoms with Gasteiger partial charge in [0.1, 0.15) is 5.56 Å². The van der Waals surface area contributed by atoms with Crippen molar-refractivity contribution in [2.75, 3.05) is 6.61 Å². The number of nitrogens with zero attached hydrogens (tertiary/aromatic N) is 3. The average molecular weight is 378 g/mol. The summed E-state index contributed by atoms with van der Waals surface area (Å²) in [6, 6.07) is 19.2. The number of benzene rings is 2. The standard InChI is InChI=1S/C21H16ClN3O2/c1-2-27-21(26)17-13-23-25-19(15-8-10-16(22)11-9-15)12-18(24-20(17)25)14-6-4-3-5-7-14/h3-13H,2H2,1H3. The Morgan fingerprint density at radius 2 is 1.81 bits per heavy atom. The van der Waals surface area contributed by atoms with E-state index in [4.69, 9.17) is 16.3 Å². The van der Waals surface area contributed by atoms with E-state index in [0.717, 1.165) is 22.5 Å². The van der Waals surface area contributed by atoms with Gasteiger partial charge in [0.05, 0.1) is 24.2 Å². The molecule has 0 amide bonds. The van der Waals surface area contributed by atoms with Crippen molar-refractivity contribution in [3.05, 3.63) is 77.4 Å². The number of ether oxygens (including phenoxy) is 1. The van der Waals surface area contributed by atoms with E-state index in [9.17, 15) is 4.79 Å². The molecule has 27 heavy (non-hydrogen) atoms. The number of rotatable bonds is 4. The Kier molecular flexibility index (Phi) is 4.60. The smallest absolute Gasteiger partial charge is 0.343 e. The van der Waals surface area contributed by atoms with Gasteiger partial charge in [0.15, 0.2) is 5.65 Å². The summed E-state index contributed by atoms with van der Waals surface area (Å²) in [5.74, 6) is -0.438. The molecule has 0 aliphatic carbocycles. The van der Waals surface area contributed by atoms with E-state index in [0.29, 0.717) is 22.8 Å². The summed E-state index contributed by atoms with van der Waals surface area (Å²) >= 11 is 6.03. The number of carbonyl (C=O) groups excluding carboxylic acids is 1. The minimum atomic E-state index is -0.438. The number of carbonyl (C=O) groups is 1. The monoisotopic (exact) mass is 377 g/mol. The lowest BCUT2D eigenvalue weighted by Gasteiger charge is -2.09. The first kappa shape index (κ1) is 17.2. The van der Waals surface area contributed by atoms with Crippen LogP contribution in [0.5, 0.6) is 0 Å². The summed E-state index contributed by atoms with van der Waals surface area (Å²) in [7, 11) is 0. The molecule has 2 heterocycles. The molecule has 2 aromatic carbocycles. The predicted octanol–water partition coefficient (Wildman–Crippen LogP) is 4.89. The van der Waals surface area contributed by atoms with E-state index in [2.05, 4.69) is 10.1 Å². The highest BCUT2D eigenvalue weighted by Crippen LogP contribution is 2.28. The van der Waals surface area contributed by atoms with E-state index < -0.39 is 5.97 Å². The summed E-state index contributed by atoms with van der Waals surface area (Å²) in [5.41, 5.74) is 4.23. The molecule has 5 nitrogen and oxygen atoms in total. The molecule has 6 heteroatoms. The fourth-order valence-corrected chi connectivity index (χ4v) is 3.02. The van der Waals surface area contributed by atoms with Crippen molar-refractivity contribution in [2.45, 2.75) is 6.92 Å². The molecule has 0 N–H and O–H groups in total. The van der Waals surface area contributed by atoms with Crippen LogP contribution in [0.4, 0.5) is 0 Å². The summed E-state index contributed by atoms with van der Waals surface area (Å²) in [4.78, 5) is 17.0. The molecule has 0 atom stereocenters. The maximum Gasteiger partial charge on any atom is 0.343 e. The Labute approximate surface area is 161 Å². The molecule has 4 aromatic rings. The van der Waals surface area contributed by atoms with E-state index in [1.54, 1.807) is 11.4 Å². The second-order valence-electron chi connectivity index (χ2n) is 5.91. The molecule has 0 fully saturated rings. The molecule has 0 aliphatic rings. The SMILES string of the molecule is CCOC(=O)c1cnn2c(-c3ccc(Cl)cc3)cc(-c3ccccc3)nc12. The van der Waals surface area contributed by atoms with E-state index in [-0.39, 0.29) is 0 Å². The molecule has 0 aliphatic heterocycles. The van der Waals surface area contributed by atoms with Gasteiger partial charge in [-0.1, -0.05) is 54.1 Å². The van der Waals surface area contributed by atoms with Crippen LogP contribution in [-0.4, -0.2) is 27.2 Å². The van der Waals surface area contributed by atoms with Crippen LogP contribution in [0.2, 0.25) is 5.02 Å². The van der Waals surface area contributed by atoms with Gasteiger partial charge in [-0.3, -0.25) is 0 Å². The lowest BCUT2D eigenvalue weighted by Crippen LogP contribution is -2.06. The van der Waals surface area contributed by atoms with Gasteiger partial charge in [0, 0.05) is 16.1 Å². The summed E-state index contributed by atoms with van der Waals surface area (Å²) < 4.78 is 6.81. The zero-order valence-corrected chi connectivity index (χ0v) is 15.3. The van der Waals surface area contributed by atoms with Crippen LogP contribution < -0.4 is 0 Å². The van der Waals surface area contributed by atoms with Gasteiger partial charge in [0.2, 0.25) is 0 Å². The lowest BCUT2D eigenvalue weighted by molar-refractivity contribution is 0.0528. The molecular weight excluding hydrogens is 362 g/mol. The Balaban J connectivity index is 1.98. The predicted molar refractivity (Wildman–Crippen MR) is 105 cm³/mol. The minimum Gasteiger partial charge on any atom is -0.462 e. The van der Waals surface area contributed by atoms with Gasteiger partial charge in [0.25, 0.3) is 0 Å². The summed E-state index contributed by atoms with van der Waals surface area (Å²) in [5, 5.41) is 5.03. The minimum absolute atomic E-state index is 0.290. The highest BCUT2D eigenvalue weighted by atomic mass is 35.5. The van der Waals surface area contributed by atoms with Crippen molar-refractivity contribution in [1.82, 2.24) is 14.6 Å². The van der Waals surface area contributed by atoms with E-state index in [1.807, 2.05) is 60.7 Å². The fourth-order valence-electron chi connectivity index (χ4n) is 2.90. The Morgan fingerprint density at radius 1 is 1.07 bits per heavy atom. The van der Waals surface area contributed by atoms with Crippen molar-refractivity contribution in [1.29, 1.82) is 0 Å². The lowest BCUT2D eigenvalue weighted by atomic mass is 10.1. The molecule has 4 rings (SSSR count). The normalized spacial score (nSPS) is 10.9. The van der Waals surface area contributed by atoms with E-state index >= 15 is 0 Å². The molecule has 0 spiro atoms. The van der Waals surface area contributed by atoms with Gasteiger partial charge in [-0.15, -0.1) is 0 Å². The van der Waals surface area contributed by atoms with Crippen molar-refractivity contribution in [3.63, 3.8) is 0 Å². The van der Waals surface area contributed by atoms with Crippen LogP contribution in [0.25, 0.3) is 28.2 Å². The van der Waals surface area contributed by atoms with Crippen LogP contribution in [0.3, 0.4) is 0 Å². The first-order valence-corrected chi connectivity index (χ1v) is 8.92. The molecular formula is C21H16ClN3O2. The van der Waals surface area contributed by atoms with E-state index in [1.165, 1.54) is 6.20 Å². The van der Waals surface area contributed by atoms with Gasteiger partial charge >= 0.3 is 5.97 Å². The number of hydrogen-bond acceptors (Lipinski definition) is 4. The molecule has 0 unspecified atom stereocenters. The van der Waals surface area contributed by atoms with Gasteiger partial charge in [-0.25, -0.2) is 14.3 Å². The zero-order chi connectivity index (χ0) is 18.8. The van der Waals surface area contributed by atoms with Gasteiger partial charge < -0.3 is 4.74 Å². The highest BCUT2D eigenvalue weighted by Gasteiger charge is 2.19. The average Bonchev–Trinajstić information content (AvgIpc) is 3.13. The molecule has 0 bridgehead atoms. The molecule has 0 saturated heterocycles. The van der Waals surface area contributed by atoms with Crippen molar-refractivity contribution in [2.24, 2.45) is 0 Å². The van der Waals surface area contributed by atoms with Crippen molar-refractivity contribution < 1.29 is 9.53 Å². The van der Waals surface area contributed by atoms with Crippen LogP contribution in [-0.2, 0) is 4.74 Å². The van der Waals surface area contributed by atoms with Crippen LogP contribution in [0.15, 0.2) is 66.9 Å².